The Balaban J connectivity index is 2.24. The van der Waals surface area contributed by atoms with E-state index >= 15 is 0 Å². The van der Waals surface area contributed by atoms with Crippen molar-refractivity contribution in [2.75, 3.05) is 0 Å². The van der Waals surface area contributed by atoms with Gasteiger partial charge in [0, 0.05) is 0 Å². The van der Waals surface area contributed by atoms with E-state index in [9.17, 15) is 8.42 Å². The molecule has 4 nitrogen and oxygen atoms in total. The number of rotatable bonds is 3. The zero-order valence-corrected chi connectivity index (χ0v) is 14.9. The van der Waals surface area contributed by atoms with Crippen molar-refractivity contribution in [1.29, 1.82) is 0 Å². The monoisotopic (exact) mass is 425 g/mol. The topological polar surface area (TPSA) is 69.4 Å². The Morgan fingerprint density at radius 1 is 1.05 bits per heavy atom. The van der Waals surface area contributed by atoms with Gasteiger partial charge in [0.05, 0.1) is 19.9 Å². The molecule has 0 radical (unpaired) electrons. The van der Waals surface area contributed by atoms with Crippen LogP contribution >= 0.6 is 31.9 Å². The Bertz CT molecular complexity index is 558. The van der Waals surface area contributed by atoms with E-state index in [0.29, 0.717) is 14.7 Å². The molecule has 0 amide bonds. The summed E-state index contributed by atoms with van der Waals surface area (Å²) in [5.41, 5.74) is 0. The normalized spacial score (nSPS) is 17.8. The first-order valence-corrected chi connectivity index (χ1v) is 9.69. The Hall–Kier alpha value is -0.110. The summed E-state index contributed by atoms with van der Waals surface area (Å²) in [7, 11) is -3.72. The van der Waals surface area contributed by atoms with Crippen molar-refractivity contribution in [3.8, 4) is 5.75 Å². The quantitative estimate of drug-likeness (QED) is 0.743. The Morgan fingerprint density at radius 2 is 1.55 bits per heavy atom. The lowest BCUT2D eigenvalue weighted by atomic mass is 10.1. The summed E-state index contributed by atoms with van der Waals surface area (Å²) < 4.78 is 30.0. The van der Waals surface area contributed by atoms with Crippen molar-refractivity contribution in [2.24, 2.45) is 5.14 Å². The van der Waals surface area contributed by atoms with Crippen LogP contribution in [0.3, 0.4) is 0 Å². The second-order valence-electron chi connectivity index (χ2n) is 4.99. The molecular weight excluding hydrogens is 410 g/mol. The van der Waals surface area contributed by atoms with Crippen molar-refractivity contribution in [1.82, 2.24) is 0 Å². The molecule has 2 N–H and O–H groups in total. The minimum Gasteiger partial charge on any atom is -0.488 e. The van der Waals surface area contributed by atoms with Gasteiger partial charge in [-0.3, -0.25) is 0 Å². The van der Waals surface area contributed by atoms with Crippen LogP contribution in [0.4, 0.5) is 0 Å². The highest BCUT2D eigenvalue weighted by Crippen LogP contribution is 2.37. The summed E-state index contributed by atoms with van der Waals surface area (Å²) in [6, 6.07) is 2.96. The first kappa shape index (κ1) is 16.3. The first-order chi connectivity index (χ1) is 9.38. The van der Waals surface area contributed by atoms with E-state index in [2.05, 4.69) is 31.9 Å². The molecule has 0 bridgehead atoms. The van der Waals surface area contributed by atoms with Gasteiger partial charge in [-0.05, 0) is 69.7 Å². The highest BCUT2D eigenvalue weighted by atomic mass is 79.9. The summed E-state index contributed by atoms with van der Waals surface area (Å²) >= 11 is 6.72. The number of primary sulfonamides is 1. The maximum Gasteiger partial charge on any atom is 0.238 e. The number of hydrogen-bond acceptors (Lipinski definition) is 3. The van der Waals surface area contributed by atoms with Crippen molar-refractivity contribution in [3.63, 3.8) is 0 Å². The molecule has 112 valence electrons. The molecule has 1 saturated carbocycles. The van der Waals surface area contributed by atoms with Crippen molar-refractivity contribution in [3.05, 3.63) is 21.1 Å². The van der Waals surface area contributed by atoms with E-state index in [1.165, 1.54) is 37.8 Å². The number of sulfonamides is 1. The van der Waals surface area contributed by atoms with Crippen LogP contribution in [-0.4, -0.2) is 14.5 Å². The van der Waals surface area contributed by atoms with Crippen LogP contribution in [0.15, 0.2) is 26.0 Å². The largest absolute Gasteiger partial charge is 0.488 e. The van der Waals surface area contributed by atoms with Crippen molar-refractivity contribution < 1.29 is 13.2 Å². The van der Waals surface area contributed by atoms with Gasteiger partial charge in [-0.2, -0.15) is 0 Å². The minimum absolute atomic E-state index is 0.0597. The second-order valence-corrected chi connectivity index (χ2v) is 8.26. The molecule has 0 aromatic heterocycles. The SMILES string of the molecule is NS(=O)(=O)c1cc(Br)c(OC2CCCCCC2)c(Br)c1. The predicted molar refractivity (Wildman–Crippen MR) is 85.3 cm³/mol. The molecule has 0 atom stereocenters. The summed E-state index contributed by atoms with van der Waals surface area (Å²) in [6.07, 6.45) is 7.13. The molecule has 20 heavy (non-hydrogen) atoms. The van der Waals surface area contributed by atoms with Crippen LogP contribution in [0.2, 0.25) is 0 Å². The van der Waals surface area contributed by atoms with E-state index in [1.54, 1.807) is 0 Å². The number of halogens is 2. The van der Waals surface area contributed by atoms with Gasteiger partial charge in [-0.15, -0.1) is 0 Å². The van der Waals surface area contributed by atoms with Gasteiger partial charge in [-0.1, -0.05) is 12.8 Å². The lowest BCUT2D eigenvalue weighted by Gasteiger charge is -2.19. The van der Waals surface area contributed by atoms with Gasteiger partial charge < -0.3 is 4.74 Å². The van der Waals surface area contributed by atoms with Crippen LogP contribution in [0.5, 0.6) is 5.75 Å². The summed E-state index contributed by atoms with van der Waals surface area (Å²) in [5, 5.41) is 5.14. The molecule has 0 aliphatic heterocycles. The van der Waals surface area contributed by atoms with Gasteiger partial charge >= 0.3 is 0 Å². The van der Waals surface area contributed by atoms with E-state index in [4.69, 9.17) is 9.88 Å². The molecule has 1 fully saturated rings. The van der Waals surface area contributed by atoms with Crippen LogP contribution in [0.1, 0.15) is 38.5 Å². The Kier molecular flexibility index (Phi) is 5.50. The van der Waals surface area contributed by atoms with E-state index < -0.39 is 10.0 Å². The molecule has 1 aliphatic carbocycles. The molecule has 0 unspecified atom stereocenters. The molecule has 0 saturated heterocycles. The summed E-state index contributed by atoms with van der Waals surface area (Å²) in [4.78, 5) is 0.0597. The van der Waals surface area contributed by atoms with Crippen molar-refractivity contribution >= 4 is 41.9 Å². The fraction of sp³-hybridized carbons (Fsp3) is 0.538. The maximum absolute atomic E-state index is 11.4. The standard InChI is InChI=1S/C13H17Br2NO3S/c14-11-7-10(20(16,17)18)8-12(15)13(11)19-9-5-3-1-2-4-6-9/h7-9H,1-6H2,(H2,16,17,18). The summed E-state index contributed by atoms with van der Waals surface area (Å²) in [5.74, 6) is 0.643. The molecule has 0 heterocycles. The minimum atomic E-state index is -3.72. The molecular formula is C13H17Br2NO3S. The fourth-order valence-corrected chi connectivity index (χ4v) is 4.58. The van der Waals surface area contributed by atoms with Crippen LogP contribution in [0.25, 0.3) is 0 Å². The van der Waals surface area contributed by atoms with E-state index in [1.807, 2.05) is 0 Å². The number of nitrogens with two attached hydrogens (primary N) is 1. The van der Waals surface area contributed by atoms with E-state index in [-0.39, 0.29) is 11.0 Å². The van der Waals surface area contributed by atoms with Crippen LogP contribution in [-0.2, 0) is 10.0 Å². The van der Waals surface area contributed by atoms with Crippen LogP contribution < -0.4 is 9.88 Å². The van der Waals surface area contributed by atoms with Crippen LogP contribution in [0, 0.1) is 0 Å². The average Bonchev–Trinajstić information content (AvgIpc) is 2.60. The highest BCUT2D eigenvalue weighted by Gasteiger charge is 2.19. The lowest BCUT2D eigenvalue weighted by Crippen LogP contribution is -2.16. The summed E-state index contributed by atoms with van der Waals surface area (Å²) in [6.45, 7) is 0. The Labute approximate surface area is 136 Å². The molecule has 2 rings (SSSR count). The van der Waals surface area contributed by atoms with Gasteiger partial charge in [-0.25, -0.2) is 13.6 Å². The predicted octanol–water partition coefficient (Wildman–Crippen LogP) is 3.96. The number of benzene rings is 1. The van der Waals surface area contributed by atoms with E-state index in [0.717, 1.165) is 12.8 Å². The van der Waals surface area contributed by atoms with Crippen molar-refractivity contribution in [2.45, 2.75) is 49.5 Å². The molecule has 1 aromatic rings. The average molecular weight is 427 g/mol. The zero-order chi connectivity index (χ0) is 14.8. The van der Waals surface area contributed by atoms with Gasteiger partial charge in [0.2, 0.25) is 10.0 Å². The lowest BCUT2D eigenvalue weighted by molar-refractivity contribution is 0.181. The smallest absolute Gasteiger partial charge is 0.238 e. The molecule has 0 spiro atoms. The molecule has 1 aliphatic rings. The van der Waals surface area contributed by atoms with Gasteiger partial charge in [0.1, 0.15) is 5.75 Å². The molecule has 7 heteroatoms. The molecule has 1 aromatic carbocycles. The van der Waals surface area contributed by atoms with Gasteiger partial charge in [0.25, 0.3) is 0 Å². The first-order valence-electron chi connectivity index (χ1n) is 6.56. The number of hydrogen-bond donors (Lipinski definition) is 1. The third-order valence-electron chi connectivity index (χ3n) is 3.39. The zero-order valence-electron chi connectivity index (χ0n) is 10.9. The highest BCUT2D eigenvalue weighted by molar-refractivity contribution is 9.11. The second kappa shape index (κ2) is 6.77. The van der Waals surface area contributed by atoms with Gasteiger partial charge in [0.15, 0.2) is 0 Å². The maximum atomic E-state index is 11.4. The Morgan fingerprint density at radius 3 is 2.00 bits per heavy atom. The number of ether oxygens (including phenoxy) is 1. The third-order valence-corrected chi connectivity index (χ3v) is 5.46. The third kappa shape index (κ3) is 4.19. The fourth-order valence-electron chi connectivity index (χ4n) is 2.34.